The lowest BCUT2D eigenvalue weighted by Crippen LogP contribution is -2.47. The molecule has 2 N–H and O–H groups in total. The van der Waals surface area contributed by atoms with E-state index >= 15 is 0 Å². The summed E-state index contributed by atoms with van der Waals surface area (Å²) in [5.74, 6) is 0. The third-order valence-corrected chi connectivity index (χ3v) is 2.86. The van der Waals surface area contributed by atoms with Crippen molar-refractivity contribution >= 4 is 0 Å². The van der Waals surface area contributed by atoms with E-state index in [9.17, 15) is 0 Å². The molecule has 0 spiro atoms. The van der Waals surface area contributed by atoms with Crippen LogP contribution >= 0.6 is 0 Å². The second-order valence-corrected chi connectivity index (χ2v) is 4.50. The maximum absolute atomic E-state index is 3.61. The zero-order valence-corrected chi connectivity index (χ0v) is 8.61. The van der Waals surface area contributed by atoms with Gasteiger partial charge in [-0.1, -0.05) is 12.8 Å². The topological polar surface area (TPSA) is 24.1 Å². The largest absolute Gasteiger partial charge is 0.314 e. The number of hydrogen-bond donors (Lipinski definition) is 2. The van der Waals surface area contributed by atoms with E-state index in [1.54, 1.807) is 0 Å². The van der Waals surface area contributed by atoms with Crippen LogP contribution in [0.2, 0.25) is 0 Å². The molecule has 0 bridgehead atoms. The first-order valence-electron chi connectivity index (χ1n) is 5.06. The van der Waals surface area contributed by atoms with Gasteiger partial charge in [0, 0.05) is 18.1 Å². The molecule has 1 aliphatic rings. The molecule has 0 aliphatic heterocycles. The highest BCUT2D eigenvalue weighted by Gasteiger charge is 2.19. The highest BCUT2D eigenvalue weighted by molar-refractivity contribution is 4.82. The first-order chi connectivity index (χ1) is 5.64. The Labute approximate surface area is 76.1 Å². The zero-order chi connectivity index (χ0) is 9.03. The standard InChI is InChI=1S/C10H22N2/c1-10(2,11-3)8-12-9-6-4-5-7-9/h9,11-12H,4-8H2,1-3H3. The Bertz CT molecular complexity index is 126. The van der Waals surface area contributed by atoms with E-state index in [-0.39, 0.29) is 5.54 Å². The predicted molar refractivity (Wildman–Crippen MR) is 53.4 cm³/mol. The van der Waals surface area contributed by atoms with Gasteiger partial charge in [0.25, 0.3) is 0 Å². The Balaban J connectivity index is 2.15. The van der Waals surface area contributed by atoms with E-state index < -0.39 is 0 Å². The van der Waals surface area contributed by atoms with E-state index in [1.165, 1.54) is 25.7 Å². The molecule has 2 nitrogen and oxygen atoms in total. The quantitative estimate of drug-likeness (QED) is 0.668. The van der Waals surface area contributed by atoms with Crippen molar-refractivity contribution in [3.63, 3.8) is 0 Å². The summed E-state index contributed by atoms with van der Waals surface area (Å²) in [6.07, 6.45) is 5.58. The Morgan fingerprint density at radius 1 is 1.25 bits per heavy atom. The van der Waals surface area contributed by atoms with Gasteiger partial charge in [-0.2, -0.15) is 0 Å². The van der Waals surface area contributed by atoms with Crippen LogP contribution in [0.1, 0.15) is 39.5 Å². The van der Waals surface area contributed by atoms with E-state index in [0.717, 1.165) is 12.6 Å². The minimum Gasteiger partial charge on any atom is -0.314 e. The SMILES string of the molecule is CNC(C)(C)CNC1CCCC1. The molecule has 12 heavy (non-hydrogen) atoms. The van der Waals surface area contributed by atoms with Gasteiger partial charge in [0.15, 0.2) is 0 Å². The molecule has 1 aliphatic carbocycles. The monoisotopic (exact) mass is 170 g/mol. The molecule has 1 saturated carbocycles. The summed E-state index contributed by atoms with van der Waals surface area (Å²) in [7, 11) is 2.02. The van der Waals surface area contributed by atoms with Crippen LogP contribution in [0.3, 0.4) is 0 Å². The number of rotatable bonds is 4. The fourth-order valence-electron chi connectivity index (χ4n) is 1.62. The molecule has 1 rings (SSSR count). The third-order valence-electron chi connectivity index (χ3n) is 2.86. The van der Waals surface area contributed by atoms with Crippen LogP contribution in [0.15, 0.2) is 0 Å². The lowest BCUT2D eigenvalue weighted by molar-refractivity contribution is 0.366. The van der Waals surface area contributed by atoms with E-state index in [2.05, 4.69) is 24.5 Å². The molecule has 0 amide bonds. The van der Waals surface area contributed by atoms with Gasteiger partial charge in [0.05, 0.1) is 0 Å². The maximum Gasteiger partial charge on any atom is 0.0246 e. The van der Waals surface area contributed by atoms with Crippen molar-refractivity contribution in [1.82, 2.24) is 10.6 Å². The summed E-state index contributed by atoms with van der Waals surface area (Å²) < 4.78 is 0. The van der Waals surface area contributed by atoms with Crippen molar-refractivity contribution in [2.24, 2.45) is 0 Å². The fourth-order valence-corrected chi connectivity index (χ4v) is 1.62. The molecule has 0 unspecified atom stereocenters. The van der Waals surface area contributed by atoms with Crippen molar-refractivity contribution in [2.75, 3.05) is 13.6 Å². The smallest absolute Gasteiger partial charge is 0.0246 e. The molecular formula is C10H22N2. The van der Waals surface area contributed by atoms with Crippen molar-refractivity contribution in [3.8, 4) is 0 Å². The second-order valence-electron chi connectivity index (χ2n) is 4.50. The molecule has 72 valence electrons. The Morgan fingerprint density at radius 3 is 2.33 bits per heavy atom. The molecule has 0 aromatic carbocycles. The Morgan fingerprint density at radius 2 is 1.83 bits per heavy atom. The van der Waals surface area contributed by atoms with Gasteiger partial charge in [-0.15, -0.1) is 0 Å². The lowest BCUT2D eigenvalue weighted by Gasteiger charge is -2.26. The summed E-state index contributed by atoms with van der Waals surface area (Å²) in [5.41, 5.74) is 0.239. The van der Waals surface area contributed by atoms with Crippen LogP contribution in [0.5, 0.6) is 0 Å². The molecule has 0 aromatic rings. The molecule has 0 atom stereocenters. The van der Waals surface area contributed by atoms with Gasteiger partial charge < -0.3 is 10.6 Å². The number of hydrogen-bond acceptors (Lipinski definition) is 2. The van der Waals surface area contributed by atoms with E-state index in [4.69, 9.17) is 0 Å². The van der Waals surface area contributed by atoms with E-state index in [0.29, 0.717) is 0 Å². The fraction of sp³-hybridized carbons (Fsp3) is 1.00. The molecule has 0 heterocycles. The van der Waals surface area contributed by atoms with Crippen molar-refractivity contribution < 1.29 is 0 Å². The summed E-state index contributed by atoms with van der Waals surface area (Å²) in [6.45, 7) is 5.54. The highest BCUT2D eigenvalue weighted by atomic mass is 15.0. The highest BCUT2D eigenvalue weighted by Crippen LogP contribution is 2.17. The minimum absolute atomic E-state index is 0.239. The van der Waals surface area contributed by atoms with Crippen LogP contribution < -0.4 is 10.6 Å². The van der Waals surface area contributed by atoms with Crippen LogP contribution in [0.4, 0.5) is 0 Å². The minimum atomic E-state index is 0.239. The average molecular weight is 170 g/mol. The average Bonchev–Trinajstić information content (AvgIpc) is 2.53. The summed E-state index contributed by atoms with van der Waals surface area (Å²) in [4.78, 5) is 0. The Kier molecular flexibility index (Phi) is 3.53. The normalized spacial score (nSPS) is 20.2. The van der Waals surface area contributed by atoms with Gasteiger partial charge >= 0.3 is 0 Å². The molecule has 0 aromatic heterocycles. The zero-order valence-electron chi connectivity index (χ0n) is 8.61. The first-order valence-corrected chi connectivity index (χ1v) is 5.06. The molecule has 1 fully saturated rings. The Hall–Kier alpha value is -0.0800. The van der Waals surface area contributed by atoms with Gasteiger partial charge in [0.2, 0.25) is 0 Å². The molecule has 2 heteroatoms. The van der Waals surface area contributed by atoms with Crippen LogP contribution in [0.25, 0.3) is 0 Å². The third kappa shape index (κ3) is 3.11. The van der Waals surface area contributed by atoms with Crippen LogP contribution in [-0.4, -0.2) is 25.2 Å². The number of nitrogens with one attached hydrogen (secondary N) is 2. The first kappa shape index (κ1) is 10.0. The summed E-state index contributed by atoms with van der Waals surface area (Å²) in [5, 5.41) is 6.91. The van der Waals surface area contributed by atoms with Crippen LogP contribution in [-0.2, 0) is 0 Å². The van der Waals surface area contributed by atoms with Gasteiger partial charge in [-0.05, 0) is 33.7 Å². The van der Waals surface area contributed by atoms with Crippen molar-refractivity contribution in [3.05, 3.63) is 0 Å². The molecule has 0 radical (unpaired) electrons. The summed E-state index contributed by atoms with van der Waals surface area (Å²) >= 11 is 0. The van der Waals surface area contributed by atoms with Crippen LogP contribution in [0, 0.1) is 0 Å². The summed E-state index contributed by atoms with van der Waals surface area (Å²) in [6, 6.07) is 0.789. The number of likely N-dealkylation sites (N-methyl/N-ethyl adjacent to an activating group) is 1. The molecular weight excluding hydrogens is 148 g/mol. The van der Waals surface area contributed by atoms with E-state index in [1.807, 2.05) is 7.05 Å². The lowest BCUT2D eigenvalue weighted by atomic mass is 10.1. The van der Waals surface area contributed by atoms with Gasteiger partial charge in [0.1, 0.15) is 0 Å². The van der Waals surface area contributed by atoms with Gasteiger partial charge in [-0.3, -0.25) is 0 Å². The van der Waals surface area contributed by atoms with Crippen molar-refractivity contribution in [2.45, 2.75) is 51.1 Å². The molecule has 0 saturated heterocycles. The van der Waals surface area contributed by atoms with Crippen molar-refractivity contribution in [1.29, 1.82) is 0 Å². The maximum atomic E-state index is 3.61. The predicted octanol–water partition coefficient (Wildman–Crippen LogP) is 1.52. The second kappa shape index (κ2) is 4.24. The van der Waals surface area contributed by atoms with Gasteiger partial charge in [-0.25, -0.2) is 0 Å².